The van der Waals surface area contributed by atoms with Crippen LogP contribution in [0.15, 0.2) is 23.8 Å². The molecule has 0 heterocycles. The molecule has 18 heavy (non-hydrogen) atoms. The summed E-state index contributed by atoms with van der Waals surface area (Å²) in [6, 6.07) is 4.73. The first kappa shape index (κ1) is 15.2. The highest BCUT2D eigenvalue weighted by atomic mass is 35.5. The lowest BCUT2D eigenvalue weighted by molar-refractivity contribution is 0.200. The lowest BCUT2D eigenvalue weighted by Crippen LogP contribution is -2.21. The Labute approximate surface area is 113 Å². The lowest BCUT2D eigenvalue weighted by Gasteiger charge is -2.07. The van der Waals surface area contributed by atoms with Crippen molar-refractivity contribution in [1.82, 2.24) is 5.32 Å². The minimum atomic E-state index is -0.287. The molecule has 0 aromatic heterocycles. The molecule has 0 aliphatic carbocycles. The Kier molecular flexibility index (Phi) is 6.94. The van der Waals surface area contributed by atoms with E-state index in [0.29, 0.717) is 17.2 Å². The Morgan fingerprint density at radius 2 is 2.28 bits per heavy atom. The van der Waals surface area contributed by atoms with Crippen LogP contribution < -0.4 is 5.32 Å². The first-order chi connectivity index (χ1) is 8.67. The van der Waals surface area contributed by atoms with Gasteiger partial charge in [-0.1, -0.05) is 36.2 Å². The average molecular weight is 272 g/mol. The summed E-state index contributed by atoms with van der Waals surface area (Å²) in [5.74, 6) is -0.287. The summed E-state index contributed by atoms with van der Waals surface area (Å²) in [7, 11) is 1.67. The third-order valence-corrected chi connectivity index (χ3v) is 2.85. The molecule has 1 rings (SSSR count). The van der Waals surface area contributed by atoms with E-state index in [0.717, 1.165) is 25.1 Å². The topological polar surface area (TPSA) is 21.3 Å². The van der Waals surface area contributed by atoms with Crippen molar-refractivity contribution in [3.05, 3.63) is 40.2 Å². The molecule has 0 aliphatic rings. The standard InChI is InChI=1S/C14H19ClFNO/c1-3-11(10-17-6-7-18-2)8-12-4-5-13(15)9-14(12)16/h4-5,8-9,17H,3,6-7,10H2,1-2H3/b11-8-. The third-order valence-electron chi connectivity index (χ3n) is 2.61. The number of rotatable bonds is 7. The number of hydrogen-bond acceptors (Lipinski definition) is 2. The quantitative estimate of drug-likeness (QED) is 0.767. The molecular weight excluding hydrogens is 253 g/mol. The predicted molar refractivity (Wildman–Crippen MR) is 74.4 cm³/mol. The summed E-state index contributed by atoms with van der Waals surface area (Å²) in [5.41, 5.74) is 1.72. The largest absolute Gasteiger partial charge is 0.383 e. The molecular formula is C14H19ClFNO. The zero-order valence-corrected chi connectivity index (χ0v) is 11.6. The maximum Gasteiger partial charge on any atom is 0.131 e. The molecule has 0 bridgehead atoms. The van der Waals surface area contributed by atoms with Gasteiger partial charge in [0.1, 0.15) is 5.82 Å². The summed E-state index contributed by atoms with van der Waals surface area (Å²) >= 11 is 5.72. The molecule has 1 aromatic carbocycles. The highest BCUT2D eigenvalue weighted by Crippen LogP contribution is 2.17. The number of methoxy groups -OCH3 is 1. The fourth-order valence-electron chi connectivity index (χ4n) is 1.54. The molecule has 0 radical (unpaired) electrons. The van der Waals surface area contributed by atoms with Crippen molar-refractivity contribution in [2.24, 2.45) is 0 Å². The molecule has 1 aromatic rings. The Hall–Kier alpha value is -0.900. The van der Waals surface area contributed by atoms with E-state index in [1.165, 1.54) is 6.07 Å². The molecule has 0 saturated heterocycles. The van der Waals surface area contributed by atoms with Gasteiger partial charge in [0, 0.05) is 30.8 Å². The maximum absolute atomic E-state index is 13.6. The molecule has 0 amide bonds. The molecule has 4 heteroatoms. The molecule has 0 saturated carbocycles. The Morgan fingerprint density at radius 1 is 1.50 bits per heavy atom. The predicted octanol–water partition coefficient (Wildman–Crippen LogP) is 3.51. The van der Waals surface area contributed by atoms with Crippen molar-refractivity contribution in [2.75, 3.05) is 26.8 Å². The van der Waals surface area contributed by atoms with Crippen LogP contribution in [0.2, 0.25) is 5.02 Å². The van der Waals surface area contributed by atoms with Gasteiger partial charge in [-0.3, -0.25) is 0 Å². The van der Waals surface area contributed by atoms with Crippen LogP contribution in [0.4, 0.5) is 4.39 Å². The molecule has 2 nitrogen and oxygen atoms in total. The monoisotopic (exact) mass is 271 g/mol. The second-order valence-electron chi connectivity index (χ2n) is 3.99. The van der Waals surface area contributed by atoms with Crippen molar-refractivity contribution in [1.29, 1.82) is 0 Å². The summed E-state index contributed by atoms with van der Waals surface area (Å²) in [6.07, 6.45) is 2.74. The van der Waals surface area contributed by atoms with Gasteiger partial charge in [-0.05, 0) is 18.6 Å². The van der Waals surface area contributed by atoms with Gasteiger partial charge in [-0.2, -0.15) is 0 Å². The number of ether oxygens (including phenoxy) is 1. The van der Waals surface area contributed by atoms with Gasteiger partial charge in [-0.25, -0.2) is 4.39 Å². The van der Waals surface area contributed by atoms with E-state index in [1.807, 2.05) is 6.08 Å². The molecule has 0 atom stereocenters. The molecule has 1 N–H and O–H groups in total. The van der Waals surface area contributed by atoms with Gasteiger partial charge < -0.3 is 10.1 Å². The van der Waals surface area contributed by atoms with Crippen molar-refractivity contribution in [2.45, 2.75) is 13.3 Å². The van der Waals surface area contributed by atoms with E-state index >= 15 is 0 Å². The van der Waals surface area contributed by atoms with Gasteiger partial charge in [0.15, 0.2) is 0 Å². The van der Waals surface area contributed by atoms with E-state index in [1.54, 1.807) is 19.2 Å². The minimum Gasteiger partial charge on any atom is -0.383 e. The lowest BCUT2D eigenvalue weighted by atomic mass is 10.1. The van der Waals surface area contributed by atoms with Crippen molar-refractivity contribution in [3.63, 3.8) is 0 Å². The van der Waals surface area contributed by atoms with Gasteiger partial charge >= 0.3 is 0 Å². The van der Waals surface area contributed by atoms with Crippen LogP contribution >= 0.6 is 11.6 Å². The van der Waals surface area contributed by atoms with Crippen LogP contribution in [0.1, 0.15) is 18.9 Å². The summed E-state index contributed by atoms with van der Waals surface area (Å²) in [5, 5.41) is 3.66. The van der Waals surface area contributed by atoms with Crippen LogP contribution in [0.3, 0.4) is 0 Å². The van der Waals surface area contributed by atoms with Gasteiger partial charge in [0.25, 0.3) is 0 Å². The first-order valence-electron chi connectivity index (χ1n) is 6.01. The van der Waals surface area contributed by atoms with E-state index in [4.69, 9.17) is 16.3 Å². The fraction of sp³-hybridized carbons (Fsp3) is 0.429. The normalized spacial score (nSPS) is 11.9. The summed E-state index contributed by atoms with van der Waals surface area (Å²) < 4.78 is 18.6. The highest BCUT2D eigenvalue weighted by molar-refractivity contribution is 6.30. The van der Waals surface area contributed by atoms with Gasteiger partial charge in [0.05, 0.1) is 6.61 Å². The van der Waals surface area contributed by atoms with Gasteiger partial charge in [-0.15, -0.1) is 0 Å². The zero-order chi connectivity index (χ0) is 13.4. The smallest absolute Gasteiger partial charge is 0.131 e. The second-order valence-corrected chi connectivity index (χ2v) is 4.43. The summed E-state index contributed by atoms with van der Waals surface area (Å²) in [4.78, 5) is 0. The second kappa shape index (κ2) is 8.25. The molecule has 0 fully saturated rings. The fourth-order valence-corrected chi connectivity index (χ4v) is 1.70. The van der Waals surface area contributed by atoms with Crippen molar-refractivity contribution >= 4 is 17.7 Å². The van der Waals surface area contributed by atoms with E-state index < -0.39 is 0 Å². The minimum absolute atomic E-state index is 0.287. The zero-order valence-electron chi connectivity index (χ0n) is 10.8. The first-order valence-corrected chi connectivity index (χ1v) is 6.39. The number of hydrogen-bond donors (Lipinski definition) is 1. The van der Waals surface area contributed by atoms with Crippen molar-refractivity contribution in [3.8, 4) is 0 Å². The van der Waals surface area contributed by atoms with Gasteiger partial charge in [0.2, 0.25) is 0 Å². The van der Waals surface area contributed by atoms with Crippen LogP contribution in [0.5, 0.6) is 0 Å². The van der Waals surface area contributed by atoms with E-state index in [-0.39, 0.29) is 5.82 Å². The number of nitrogens with one attached hydrogen (secondary N) is 1. The number of benzene rings is 1. The maximum atomic E-state index is 13.6. The van der Waals surface area contributed by atoms with Crippen LogP contribution in [-0.2, 0) is 4.74 Å². The molecule has 100 valence electrons. The molecule has 0 spiro atoms. The molecule has 0 aliphatic heterocycles. The highest BCUT2D eigenvalue weighted by Gasteiger charge is 2.02. The van der Waals surface area contributed by atoms with Crippen molar-refractivity contribution < 1.29 is 9.13 Å². The third kappa shape index (κ3) is 5.17. The average Bonchev–Trinajstić information content (AvgIpc) is 2.35. The Bertz CT molecular complexity index is 407. The van der Waals surface area contributed by atoms with E-state index in [2.05, 4.69) is 12.2 Å². The van der Waals surface area contributed by atoms with Crippen LogP contribution in [0.25, 0.3) is 6.08 Å². The Balaban J connectivity index is 2.65. The number of halogens is 2. The van der Waals surface area contributed by atoms with Crippen LogP contribution in [0, 0.1) is 5.82 Å². The summed E-state index contributed by atoms with van der Waals surface area (Å²) in [6.45, 7) is 4.25. The SMILES string of the molecule is CC/C(=C/c1ccc(Cl)cc1F)CNCCOC. The van der Waals surface area contributed by atoms with Crippen LogP contribution in [-0.4, -0.2) is 26.8 Å². The van der Waals surface area contributed by atoms with E-state index in [9.17, 15) is 4.39 Å². The Morgan fingerprint density at radius 3 is 2.89 bits per heavy atom. The molecule has 0 unspecified atom stereocenters.